The largest absolute Gasteiger partial charge is 0.490 e. The summed E-state index contributed by atoms with van der Waals surface area (Å²) in [7, 11) is 0. The Labute approximate surface area is 174 Å². The summed E-state index contributed by atoms with van der Waals surface area (Å²) in [6.45, 7) is 7.38. The van der Waals surface area contributed by atoms with Gasteiger partial charge >= 0.3 is 5.97 Å². The summed E-state index contributed by atoms with van der Waals surface area (Å²) in [4.78, 5) is 11.3. The Bertz CT molecular complexity index is 790. The Kier molecular flexibility index (Phi) is 7.54. The predicted octanol–water partition coefficient (Wildman–Crippen LogP) is 5.82. The molecule has 0 heterocycles. The second-order valence-electron chi connectivity index (χ2n) is 8.29. The number of fused-ring (bicyclic) bond motifs is 1. The summed E-state index contributed by atoms with van der Waals surface area (Å²) in [6.07, 6.45) is 10.4. The Hall–Kier alpha value is -2.07. The maximum atomic E-state index is 11.3. The lowest BCUT2D eigenvalue weighted by Gasteiger charge is -2.29. The lowest BCUT2D eigenvalue weighted by atomic mass is 9.85. The van der Waals surface area contributed by atoms with Crippen LogP contribution < -0.4 is 0 Å². The van der Waals surface area contributed by atoms with Gasteiger partial charge < -0.3 is 14.6 Å². The first-order valence-electron chi connectivity index (χ1n) is 10.9. The van der Waals surface area contributed by atoms with E-state index >= 15 is 0 Å². The molecule has 0 saturated carbocycles. The molecule has 1 aromatic carbocycles. The van der Waals surface area contributed by atoms with E-state index in [0.717, 1.165) is 44.3 Å². The fourth-order valence-electron chi connectivity index (χ4n) is 4.64. The van der Waals surface area contributed by atoms with Gasteiger partial charge in [0, 0.05) is 18.9 Å². The molecule has 0 aliphatic heterocycles. The highest BCUT2D eigenvalue weighted by Crippen LogP contribution is 2.38. The third-order valence-electron chi connectivity index (χ3n) is 6.04. The molecule has 158 valence electrons. The molecule has 2 atom stereocenters. The van der Waals surface area contributed by atoms with E-state index in [1.54, 1.807) is 0 Å². The van der Waals surface area contributed by atoms with Crippen LogP contribution in [0.1, 0.15) is 73.8 Å². The quantitative estimate of drug-likeness (QED) is 0.561. The van der Waals surface area contributed by atoms with Crippen LogP contribution in [-0.4, -0.2) is 24.3 Å². The number of aliphatic carboxylic acids is 1. The zero-order valence-corrected chi connectivity index (χ0v) is 18.0. The van der Waals surface area contributed by atoms with Crippen LogP contribution in [0.2, 0.25) is 0 Å². The van der Waals surface area contributed by atoms with E-state index in [2.05, 4.69) is 38.1 Å². The van der Waals surface area contributed by atoms with Crippen molar-refractivity contribution in [3.8, 4) is 0 Å². The first-order chi connectivity index (χ1) is 14.0. The topological polar surface area (TPSA) is 55.8 Å². The summed E-state index contributed by atoms with van der Waals surface area (Å²) in [5.41, 5.74) is 6.67. The van der Waals surface area contributed by atoms with Gasteiger partial charge in [0.2, 0.25) is 0 Å². The Morgan fingerprint density at radius 1 is 1.21 bits per heavy atom. The summed E-state index contributed by atoms with van der Waals surface area (Å²) in [6, 6.07) is 4.56. The van der Waals surface area contributed by atoms with E-state index in [-0.39, 0.29) is 18.4 Å². The zero-order chi connectivity index (χ0) is 20.8. The van der Waals surface area contributed by atoms with Crippen LogP contribution in [0.3, 0.4) is 0 Å². The number of aryl methyl sites for hydroxylation is 2. The third kappa shape index (κ3) is 5.72. The van der Waals surface area contributed by atoms with E-state index in [1.165, 1.54) is 27.8 Å². The molecule has 0 amide bonds. The normalized spacial score (nSPS) is 20.2. The van der Waals surface area contributed by atoms with Crippen LogP contribution in [0.5, 0.6) is 0 Å². The van der Waals surface area contributed by atoms with E-state index < -0.39 is 5.97 Å². The van der Waals surface area contributed by atoms with Crippen LogP contribution in [0.15, 0.2) is 35.6 Å². The number of rotatable bonds is 8. The van der Waals surface area contributed by atoms with Crippen molar-refractivity contribution < 1.29 is 19.4 Å². The molecule has 0 bridgehead atoms. The van der Waals surface area contributed by atoms with Crippen molar-refractivity contribution >= 4 is 5.97 Å². The Morgan fingerprint density at radius 3 is 2.79 bits per heavy atom. The number of carboxylic acid groups (broad SMARTS) is 1. The second-order valence-corrected chi connectivity index (χ2v) is 8.29. The van der Waals surface area contributed by atoms with Crippen molar-refractivity contribution in [3.05, 3.63) is 57.9 Å². The highest BCUT2D eigenvalue weighted by atomic mass is 16.5. The summed E-state index contributed by atoms with van der Waals surface area (Å²) >= 11 is 0. The molecule has 0 unspecified atom stereocenters. The van der Waals surface area contributed by atoms with Crippen molar-refractivity contribution in [2.75, 3.05) is 13.2 Å². The van der Waals surface area contributed by atoms with Crippen molar-refractivity contribution in [2.45, 2.75) is 71.8 Å². The number of hydrogen-bond donors (Lipinski definition) is 1. The van der Waals surface area contributed by atoms with Crippen LogP contribution in [-0.2, 0) is 20.7 Å². The first kappa shape index (κ1) is 21.6. The first-order valence-corrected chi connectivity index (χ1v) is 10.9. The van der Waals surface area contributed by atoms with Crippen molar-refractivity contribution in [1.29, 1.82) is 0 Å². The molecule has 29 heavy (non-hydrogen) atoms. The van der Waals surface area contributed by atoms with E-state index in [4.69, 9.17) is 9.47 Å². The minimum Gasteiger partial charge on any atom is -0.490 e. The van der Waals surface area contributed by atoms with Gasteiger partial charge in [-0.2, -0.15) is 0 Å². The van der Waals surface area contributed by atoms with Gasteiger partial charge in [0.1, 0.15) is 6.10 Å². The van der Waals surface area contributed by atoms with Gasteiger partial charge in [0.25, 0.3) is 0 Å². The van der Waals surface area contributed by atoms with Gasteiger partial charge in [-0.3, -0.25) is 4.79 Å². The number of benzene rings is 1. The fraction of sp³-hybridized carbons (Fsp3) is 0.560. The summed E-state index contributed by atoms with van der Waals surface area (Å²) in [5.74, 6) is 0.216. The number of ether oxygens (including phenoxy) is 2. The standard InChI is InChI=1S/C25H34O4/c1-4-28-16-20(15-25(26)27)19-7-5-8-21(12-11-19)29-24-10-6-9-22-18(3)13-17(2)14-23(22)24/h7-8,13-14,20,24H,4-6,9-12,15-16H2,1-3H3,(H,26,27)/t20-,24-/m1/s1. The average molecular weight is 399 g/mol. The molecule has 1 N–H and O–H groups in total. The maximum absolute atomic E-state index is 11.3. The van der Waals surface area contributed by atoms with Crippen molar-refractivity contribution in [1.82, 2.24) is 0 Å². The monoisotopic (exact) mass is 398 g/mol. The lowest BCUT2D eigenvalue weighted by Crippen LogP contribution is -2.17. The SMILES string of the molecule is CCOC[C@@H](CC(=O)O)C1=CCC=C(O[C@@H]2CCCc3c(C)cc(C)cc32)CC1. The Morgan fingerprint density at radius 2 is 2.03 bits per heavy atom. The molecule has 0 aromatic heterocycles. The van der Waals surface area contributed by atoms with Gasteiger partial charge in [0.15, 0.2) is 0 Å². The minimum atomic E-state index is -0.770. The molecule has 4 heteroatoms. The zero-order valence-electron chi connectivity index (χ0n) is 18.0. The highest BCUT2D eigenvalue weighted by Gasteiger charge is 2.25. The molecule has 0 radical (unpaired) electrons. The minimum absolute atomic E-state index is 0.0547. The maximum Gasteiger partial charge on any atom is 0.304 e. The summed E-state index contributed by atoms with van der Waals surface area (Å²) < 4.78 is 12.1. The highest BCUT2D eigenvalue weighted by molar-refractivity contribution is 5.67. The van der Waals surface area contributed by atoms with Gasteiger partial charge in [-0.15, -0.1) is 0 Å². The molecule has 2 aliphatic carbocycles. The molecule has 3 rings (SSSR count). The van der Waals surface area contributed by atoms with E-state index in [0.29, 0.717) is 13.2 Å². The number of carboxylic acids is 1. The van der Waals surface area contributed by atoms with Gasteiger partial charge in [-0.05, 0) is 75.6 Å². The number of allylic oxidation sites excluding steroid dienone is 3. The van der Waals surface area contributed by atoms with Gasteiger partial charge in [-0.1, -0.05) is 29.3 Å². The molecular weight excluding hydrogens is 364 g/mol. The van der Waals surface area contributed by atoms with Gasteiger partial charge in [-0.25, -0.2) is 0 Å². The third-order valence-corrected chi connectivity index (χ3v) is 6.04. The van der Waals surface area contributed by atoms with E-state index in [9.17, 15) is 9.90 Å². The van der Waals surface area contributed by atoms with Crippen molar-refractivity contribution in [3.63, 3.8) is 0 Å². The van der Waals surface area contributed by atoms with Crippen LogP contribution in [0, 0.1) is 19.8 Å². The second kappa shape index (κ2) is 10.1. The summed E-state index contributed by atoms with van der Waals surface area (Å²) in [5, 5.41) is 9.27. The fourth-order valence-corrected chi connectivity index (χ4v) is 4.64. The molecule has 1 aromatic rings. The molecular formula is C25H34O4. The van der Waals surface area contributed by atoms with Crippen molar-refractivity contribution in [2.24, 2.45) is 5.92 Å². The molecule has 0 saturated heterocycles. The van der Waals surface area contributed by atoms with Gasteiger partial charge in [0.05, 0.1) is 18.8 Å². The smallest absolute Gasteiger partial charge is 0.304 e. The van der Waals surface area contributed by atoms with Crippen LogP contribution in [0.4, 0.5) is 0 Å². The average Bonchev–Trinajstić information content (AvgIpc) is 2.91. The molecule has 0 spiro atoms. The van der Waals surface area contributed by atoms with E-state index in [1.807, 2.05) is 6.92 Å². The van der Waals surface area contributed by atoms with Crippen LogP contribution >= 0.6 is 0 Å². The predicted molar refractivity (Wildman–Crippen MR) is 115 cm³/mol. The number of carbonyl (C=O) groups is 1. The Balaban J connectivity index is 1.66. The lowest BCUT2D eigenvalue weighted by molar-refractivity contribution is -0.138. The molecule has 4 nitrogen and oxygen atoms in total. The number of hydrogen-bond acceptors (Lipinski definition) is 3. The molecule has 0 fully saturated rings. The van der Waals surface area contributed by atoms with Crippen LogP contribution in [0.25, 0.3) is 0 Å². The molecule has 2 aliphatic rings.